The van der Waals surface area contributed by atoms with Crippen LogP contribution in [0.3, 0.4) is 0 Å². The molecule has 2 aromatic carbocycles. The third-order valence-corrected chi connectivity index (χ3v) is 6.13. The van der Waals surface area contributed by atoms with Crippen molar-refractivity contribution in [3.63, 3.8) is 0 Å². The Kier molecular flexibility index (Phi) is 6.94. The second kappa shape index (κ2) is 10.4. The molecule has 2 aromatic heterocycles. The number of imidazole rings is 1. The van der Waals surface area contributed by atoms with E-state index in [1.54, 1.807) is 24.4 Å². The highest BCUT2D eigenvalue weighted by atomic mass is 35.5. The zero-order valence-corrected chi connectivity index (χ0v) is 20.1. The number of aryl methyl sites for hydroxylation is 1. The molecular formula is C26H26ClN5O3. The Balaban J connectivity index is 1.43. The summed E-state index contributed by atoms with van der Waals surface area (Å²) in [5, 5.41) is 3.41. The summed E-state index contributed by atoms with van der Waals surface area (Å²) in [6.45, 7) is 6.62. The van der Waals surface area contributed by atoms with E-state index in [0.717, 1.165) is 55.2 Å². The molecule has 1 aliphatic heterocycles. The number of carbonyl (C=O) groups is 1. The van der Waals surface area contributed by atoms with Crippen LogP contribution in [0, 0.1) is 6.92 Å². The van der Waals surface area contributed by atoms with Crippen LogP contribution in [0.5, 0.6) is 5.75 Å². The maximum Gasteiger partial charge on any atom is 0.259 e. The van der Waals surface area contributed by atoms with Crippen molar-refractivity contribution in [2.75, 3.05) is 44.8 Å². The Morgan fingerprint density at radius 3 is 2.86 bits per heavy atom. The molecule has 0 atom stereocenters. The molecule has 35 heavy (non-hydrogen) atoms. The second-order valence-corrected chi connectivity index (χ2v) is 8.79. The highest BCUT2D eigenvalue weighted by molar-refractivity contribution is 6.31. The van der Waals surface area contributed by atoms with Gasteiger partial charge in [-0.25, -0.2) is 9.97 Å². The first kappa shape index (κ1) is 23.3. The van der Waals surface area contributed by atoms with Gasteiger partial charge in [-0.3, -0.25) is 9.69 Å². The molecule has 2 N–H and O–H groups in total. The Morgan fingerprint density at radius 1 is 1.20 bits per heavy atom. The minimum absolute atomic E-state index is 0.281. The number of nitrogens with zero attached hydrogens (tertiary/aromatic N) is 3. The molecule has 0 saturated carbocycles. The Hall–Kier alpha value is -3.46. The number of benzene rings is 2. The van der Waals surface area contributed by atoms with Crippen LogP contribution in [0.15, 0.2) is 54.7 Å². The van der Waals surface area contributed by atoms with Crippen LogP contribution in [-0.4, -0.2) is 65.2 Å². The summed E-state index contributed by atoms with van der Waals surface area (Å²) in [7, 11) is 0. The quantitative estimate of drug-likeness (QED) is 0.394. The Labute approximate surface area is 208 Å². The number of para-hydroxylation sites is 1. The first-order chi connectivity index (χ1) is 17.1. The van der Waals surface area contributed by atoms with Gasteiger partial charge < -0.3 is 19.8 Å². The molecule has 0 unspecified atom stereocenters. The minimum atomic E-state index is -0.281. The molecule has 1 aliphatic rings. The highest BCUT2D eigenvalue weighted by Gasteiger charge is 2.19. The van der Waals surface area contributed by atoms with Crippen LogP contribution in [0.4, 0.5) is 5.82 Å². The topological polar surface area (TPSA) is 92.4 Å². The number of hydrogen-bond acceptors (Lipinski definition) is 6. The molecule has 4 aromatic rings. The van der Waals surface area contributed by atoms with E-state index in [4.69, 9.17) is 26.1 Å². The highest BCUT2D eigenvalue weighted by Crippen LogP contribution is 2.36. The monoisotopic (exact) mass is 491 g/mol. The number of pyridine rings is 1. The predicted octanol–water partition coefficient (Wildman–Crippen LogP) is 4.55. The molecule has 8 nitrogen and oxygen atoms in total. The number of halogens is 1. The Bertz CT molecular complexity index is 1340. The molecule has 180 valence electrons. The van der Waals surface area contributed by atoms with Crippen LogP contribution in [-0.2, 0) is 4.74 Å². The molecule has 0 radical (unpaired) electrons. The van der Waals surface area contributed by atoms with E-state index < -0.39 is 0 Å². The summed E-state index contributed by atoms with van der Waals surface area (Å²) >= 11 is 6.41. The molecule has 1 amide bonds. The van der Waals surface area contributed by atoms with Crippen molar-refractivity contribution >= 4 is 34.4 Å². The number of amides is 1. The van der Waals surface area contributed by atoms with Crippen LogP contribution in [0.2, 0.25) is 5.02 Å². The lowest BCUT2D eigenvalue weighted by molar-refractivity contribution is 0.0322. The van der Waals surface area contributed by atoms with E-state index >= 15 is 0 Å². The van der Waals surface area contributed by atoms with Crippen molar-refractivity contribution in [3.8, 4) is 17.1 Å². The zero-order valence-electron chi connectivity index (χ0n) is 19.4. The normalized spacial score (nSPS) is 14.2. The lowest BCUT2D eigenvalue weighted by Gasteiger charge is -2.26. The van der Waals surface area contributed by atoms with Gasteiger partial charge in [0.05, 0.1) is 29.9 Å². The number of morpholine rings is 1. The van der Waals surface area contributed by atoms with Crippen molar-refractivity contribution < 1.29 is 14.3 Å². The predicted molar refractivity (Wildman–Crippen MR) is 136 cm³/mol. The van der Waals surface area contributed by atoms with E-state index in [0.29, 0.717) is 34.4 Å². The summed E-state index contributed by atoms with van der Waals surface area (Å²) in [5.74, 6) is 1.51. The first-order valence-corrected chi connectivity index (χ1v) is 11.9. The van der Waals surface area contributed by atoms with Crippen molar-refractivity contribution in [3.05, 3.63) is 70.9 Å². The second-order valence-electron chi connectivity index (χ2n) is 8.36. The smallest absolute Gasteiger partial charge is 0.259 e. The van der Waals surface area contributed by atoms with Gasteiger partial charge in [0.1, 0.15) is 29.5 Å². The maximum absolute atomic E-state index is 13.0. The average Bonchev–Trinajstić information content (AvgIpc) is 3.31. The summed E-state index contributed by atoms with van der Waals surface area (Å²) in [6, 6.07) is 14.5. The van der Waals surface area contributed by atoms with Gasteiger partial charge in [-0.2, -0.15) is 0 Å². The molecule has 0 aliphatic carbocycles. The number of aromatic nitrogens is 3. The summed E-state index contributed by atoms with van der Waals surface area (Å²) in [6.07, 6.45) is 1.63. The van der Waals surface area contributed by atoms with E-state index in [-0.39, 0.29) is 5.91 Å². The number of ether oxygens (including phenoxy) is 2. The number of hydrogen-bond donors (Lipinski definition) is 2. The summed E-state index contributed by atoms with van der Waals surface area (Å²) in [4.78, 5) is 27.6. The summed E-state index contributed by atoms with van der Waals surface area (Å²) in [5.41, 5.74) is 3.43. The van der Waals surface area contributed by atoms with Crippen LogP contribution < -0.4 is 10.1 Å². The van der Waals surface area contributed by atoms with E-state index in [9.17, 15) is 4.79 Å². The number of carbonyl (C=O) groups excluding carboxylic acids is 1. The number of nitrogens with one attached hydrogen (secondary N) is 2. The van der Waals surface area contributed by atoms with Gasteiger partial charge in [0.2, 0.25) is 0 Å². The van der Waals surface area contributed by atoms with E-state index in [1.807, 2.05) is 37.3 Å². The molecular weight excluding hydrogens is 466 g/mol. The molecule has 3 heterocycles. The average molecular weight is 492 g/mol. The standard InChI is InChI=1S/C26H26ClN5O3/c1-17-15-18(27)16-20(24(17)35-14-11-32-9-12-34-13-10-32)25-29-21-6-4-5-19(23(21)31-25)26(33)30-22-7-2-3-8-28-22/h2-8,15-16H,9-14H2,1H3,(H,29,31)(H,28,30,33). The van der Waals surface area contributed by atoms with Gasteiger partial charge in [0, 0.05) is 30.9 Å². The van der Waals surface area contributed by atoms with Gasteiger partial charge >= 0.3 is 0 Å². The third-order valence-electron chi connectivity index (χ3n) is 5.92. The van der Waals surface area contributed by atoms with Crippen molar-refractivity contribution in [2.45, 2.75) is 6.92 Å². The van der Waals surface area contributed by atoms with Gasteiger partial charge in [-0.15, -0.1) is 0 Å². The number of fused-ring (bicyclic) bond motifs is 1. The summed E-state index contributed by atoms with van der Waals surface area (Å²) < 4.78 is 11.7. The van der Waals surface area contributed by atoms with Crippen LogP contribution >= 0.6 is 11.6 Å². The SMILES string of the molecule is Cc1cc(Cl)cc(-c2nc3c(C(=O)Nc4ccccn4)cccc3[nH]2)c1OCCN1CCOCC1. The van der Waals surface area contributed by atoms with E-state index in [2.05, 4.69) is 20.2 Å². The molecule has 1 saturated heterocycles. The van der Waals surface area contributed by atoms with Crippen LogP contribution in [0.25, 0.3) is 22.4 Å². The fourth-order valence-electron chi connectivity index (χ4n) is 4.16. The van der Waals surface area contributed by atoms with Gasteiger partial charge in [0.25, 0.3) is 5.91 Å². The number of anilines is 1. The fourth-order valence-corrected chi connectivity index (χ4v) is 4.44. The molecule has 0 bridgehead atoms. The van der Waals surface area contributed by atoms with Gasteiger partial charge in [0.15, 0.2) is 0 Å². The minimum Gasteiger partial charge on any atom is -0.491 e. The molecule has 9 heteroatoms. The van der Waals surface area contributed by atoms with Crippen molar-refractivity contribution in [1.82, 2.24) is 19.9 Å². The molecule has 0 spiro atoms. The Morgan fingerprint density at radius 2 is 2.06 bits per heavy atom. The third kappa shape index (κ3) is 5.30. The largest absolute Gasteiger partial charge is 0.491 e. The number of rotatable bonds is 7. The van der Waals surface area contributed by atoms with Gasteiger partial charge in [-0.05, 0) is 48.9 Å². The zero-order chi connectivity index (χ0) is 24.2. The van der Waals surface area contributed by atoms with E-state index in [1.165, 1.54) is 0 Å². The van der Waals surface area contributed by atoms with Crippen molar-refractivity contribution in [2.24, 2.45) is 0 Å². The lowest BCUT2D eigenvalue weighted by atomic mass is 10.1. The fraction of sp³-hybridized carbons (Fsp3) is 0.269. The maximum atomic E-state index is 13.0. The first-order valence-electron chi connectivity index (χ1n) is 11.5. The molecule has 5 rings (SSSR count). The molecule has 1 fully saturated rings. The van der Waals surface area contributed by atoms with Gasteiger partial charge in [-0.1, -0.05) is 23.7 Å². The number of H-pyrrole nitrogens is 1. The lowest BCUT2D eigenvalue weighted by Crippen LogP contribution is -2.38. The van der Waals surface area contributed by atoms with Crippen molar-refractivity contribution in [1.29, 1.82) is 0 Å². The van der Waals surface area contributed by atoms with Crippen LogP contribution in [0.1, 0.15) is 15.9 Å². The number of aromatic amines is 1.